The first-order chi connectivity index (χ1) is 9.07. The van der Waals surface area contributed by atoms with E-state index in [4.69, 9.17) is 0 Å². The molecule has 2 rings (SSSR count). The average Bonchev–Trinajstić information content (AvgIpc) is 2.67. The Morgan fingerprint density at radius 2 is 2.11 bits per heavy atom. The molecule has 0 aromatic heterocycles. The molecule has 5 nitrogen and oxygen atoms in total. The summed E-state index contributed by atoms with van der Waals surface area (Å²) in [5, 5.41) is 12.3. The SMILES string of the molecule is Cc1cccc(S(=O)(=O)N2CCCNCC2)c1C#N. The zero-order valence-electron chi connectivity index (χ0n) is 10.9. The number of rotatable bonds is 2. The van der Waals surface area contributed by atoms with Gasteiger partial charge in [-0.2, -0.15) is 9.57 Å². The summed E-state index contributed by atoms with van der Waals surface area (Å²) in [6.07, 6.45) is 0.785. The fraction of sp³-hybridized carbons (Fsp3) is 0.462. The highest BCUT2D eigenvalue weighted by Gasteiger charge is 2.27. The van der Waals surface area contributed by atoms with E-state index in [1.165, 1.54) is 10.4 Å². The van der Waals surface area contributed by atoms with Crippen LogP contribution in [0.15, 0.2) is 23.1 Å². The van der Waals surface area contributed by atoms with Gasteiger partial charge in [0.2, 0.25) is 10.0 Å². The molecule has 1 N–H and O–H groups in total. The van der Waals surface area contributed by atoms with Crippen molar-refractivity contribution in [3.8, 4) is 6.07 Å². The fourth-order valence-electron chi connectivity index (χ4n) is 2.20. The minimum absolute atomic E-state index is 0.122. The molecule has 1 saturated heterocycles. The topological polar surface area (TPSA) is 73.2 Å². The van der Waals surface area contributed by atoms with Crippen molar-refractivity contribution in [1.29, 1.82) is 5.26 Å². The highest BCUT2D eigenvalue weighted by atomic mass is 32.2. The lowest BCUT2D eigenvalue weighted by molar-refractivity contribution is 0.432. The van der Waals surface area contributed by atoms with Crippen LogP contribution in [0, 0.1) is 18.3 Å². The molecule has 6 heteroatoms. The number of hydrogen-bond acceptors (Lipinski definition) is 4. The van der Waals surface area contributed by atoms with Gasteiger partial charge in [-0.1, -0.05) is 12.1 Å². The molecule has 1 heterocycles. The van der Waals surface area contributed by atoms with Crippen molar-refractivity contribution >= 4 is 10.0 Å². The van der Waals surface area contributed by atoms with Crippen LogP contribution in [0.2, 0.25) is 0 Å². The summed E-state index contributed by atoms with van der Waals surface area (Å²) in [5.41, 5.74) is 0.941. The minimum Gasteiger partial charge on any atom is -0.315 e. The van der Waals surface area contributed by atoms with E-state index in [0.29, 0.717) is 25.2 Å². The van der Waals surface area contributed by atoms with Crippen LogP contribution in [0.25, 0.3) is 0 Å². The van der Waals surface area contributed by atoms with Gasteiger partial charge in [0.05, 0.1) is 5.56 Å². The highest BCUT2D eigenvalue weighted by Crippen LogP contribution is 2.22. The van der Waals surface area contributed by atoms with Crippen LogP contribution in [0.5, 0.6) is 0 Å². The molecule has 1 fully saturated rings. The van der Waals surface area contributed by atoms with Gasteiger partial charge < -0.3 is 5.32 Å². The molecule has 1 aliphatic heterocycles. The number of sulfonamides is 1. The Balaban J connectivity index is 2.45. The maximum atomic E-state index is 12.6. The third-order valence-corrected chi connectivity index (χ3v) is 5.20. The summed E-state index contributed by atoms with van der Waals surface area (Å²) < 4.78 is 26.7. The first kappa shape index (κ1) is 14.0. The first-order valence-corrected chi connectivity index (χ1v) is 7.72. The van der Waals surface area contributed by atoms with Crippen LogP contribution < -0.4 is 5.32 Å². The maximum absolute atomic E-state index is 12.6. The molecule has 0 spiro atoms. The Kier molecular flexibility index (Phi) is 4.20. The van der Waals surface area contributed by atoms with Crippen LogP contribution >= 0.6 is 0 Å². The number of hydrogen-bond donors (Lipinski definition) is 1. The van der Waals surface area contributed by atoms with Crippen molar-refractivity contribution in [2.24, 2.45) is 0 Å². The summed E-state index contributed by atoms with van der Waals surface area (Å²) >= 11 is 0. The zero-order valence-corrected chi connectivity index (χ0v) is 11.7. The van der Waals surface area contributed by atoms with Gasteiger partial charge in [0, 0.05) is 19.6 Å². The Labute approximate surface area is 113 Å². The Hall–Kier alpha value is -1.42. The molecule has 19 heavy (non-hydrogen) atoms. The minimum atomic E-state index is -3.58. The van der Waals surface area contributed by atoms with Crippen molar-refractivity contribution in [2.45, 2.75) is 18.2 Å². The van der Waals surface area contributed by atoms with Crippen molar-refractivity contribution < 1.29 is 8.42 Å². The maximum Gasteiger partial charge on any atom is 0.244 e. The smallest absolute Gasteiger partial charge is 0.244 e. The Bertz CT molecular complexity index is 597. The Morgan fingerprint density at radius 3 is 2.84 bits per heavy atom. The second-order valence-electron chi connectivity index (χ2n) is 4.57. The summed E-state index contributed by atoms with van der Waals surface area (Å²) in [4.78, 5) is 0.122. The van der Waals surface area contributed by atoms with E-state index in [1.807, 2.05) is 6.07 Å². The summed E-state index contributed by atoms with van der Waals surface area (Å²) in [7, 11) is -3.58. The summed E-state index contributed by atoms with van der Waals surface area (Å²) in [5.74, 6) is 0. The van der Waals surface area contributed by atoms with Crippen LogP contribution in [0.1, 0.15) is 17.5 Å². The second-order valence-corrected chi connectivity index (χ2v) is 6.47. The highest BCUT2D eigenvalue weighted by molar-refractivity contribution is 7.89. The van der Waals surface area contributed by atoms with Crippen LogP contribution in [0.4, 0.5) is 0 Å². The van der Waals surface area contributed by atoms with Gasteiger partial charge in [-0.3, -0.25) is 0 Å². The van der Waals surface area contributed by atoms with Crippen molar-refractivity contribution in [1.82, 2.24) is 9.62 Å². The van der Waals surface area contributed by atoms with Gasteiger partial charge in [0.15, 0.2) is 0 Å². The van der Waals surface area contributed by atoms with Crippen molar-refractivity contribution in [2.75, 3.05) is 26.2 Å². The third-order valence-electron chi connectivity index (χ3n) is 3.26. The Morgan fingerprint density at radius 1 is 1.32 bits per heavy atom. The van der Waals surface area contributed by atoms with E-state index in [2.05, 4.69) is 5.32 Å². The van der Waals surface area contributed by atoms with Crippen LogP contribution in [0.3, 0.4) is 0 Å². The number of nitriles is 1. The van der Waals surface area contributed by atoms with E-state index in [1.54, 1.807) is 19.1 Å². The molecule has 0 saturated carbocycles. The van der Waals surface area contributed by atoms with E-state index < -0.39 is 10.0 Å². The molecular weight excluding hydrogens is 262 g/mol. The van der Waals surface area contributed by atoms with E-state index in [-0.39, 0.29) is 10.5 Å². The molecule has 102 valence electrons. The largest absolute Gasteiger partial charge is 0.315 e. The quantitative estimate of drug-likeness (QED) is 0.871. The molecule has 1 aromatic rings. The standard InChI is InChI=1S/C13H17N3O2S/c1-11-4-2-5-13(12(11)10-14)19(17,18)16-8-3-6-15-7-9-16/h2,4-5,15H,3,6-9H2,1H3. The van der Waals surface area contributed by atoms with Crippen molar-refractivity contribution in [3.63, 3.8) is 0 Å². The second kappa shape index (κ2) is 5.70. The summed E-state index contributed by atoms with van der Waals surface area (Å²) in [6.45, 7) is 4.16. The van der Waals surface area contributed by atoms with Crippen LogP contribution in [-0.2, 0) is 10.0 Å². The number of benzene rings is 1. The lowest BCUT2D eigenvalue weighted by Crippen LogP contribution is -2.34. The molecule has 0 aliphatic carbocycles. The fourth-order valence-corrected chi connectivity index (χ4v) is 3.89. The predicted octanol–water partition coefficient (Wildman–Crippen LogP) is 0.851. The number of aryl methyl sites for hydroxylation is 1. The monoisotopic (exact) mass is 279 g/mol. The van der Waals surface area contributed by atoms with Crippen molar-refractivity contribution in [3.05, 3.63) is 29.3 Å². The molecule has 0 unspecified atom stereocenters. The molecule has 0 radical (unpaired) electrons. The number of nitrogens with zero attached hydrogens (tertiary/aromatic N) is 2. The van der Waals surface area contributed by atoms with Gasteiger partial charge in [-0.25, -0.2) is 8.42 Å². The van der Waals surface area contributed by atoms with Crippen LogP contribution in [-0.4, -0.2) is 38.9 Å². The normalized spacial score (nSPS) is 17.7. The van der Waals surface area contributed by atoms with E-state index in [0.717, 1.165) is 13.0 Å². The number of nitrogens with one attached hydrogen (secondary N) is 1. The van der Waals surface area contributed by atoms with Gasteiger partial charge in [-0.15, -0.1) is 0 Å². The summed E-state index contributed by atoms with van der Waals surface area (Å²) in [6, 6.07) is 6.95. The lowest BCUT2D eigenvalue weighted by Gasteiger charge is -2.20. The molecular formula is C13H17N3O2S. The predicted molar refractivity (Wildman–Crippen MR) is 72.1 cm³/mol. The molecule has 0 bridgehead atoms. The van der Waals surface area contributed by atoms with E-state index in [9.17, 15) is 13.7 Å². The van der Waals surface area contributed by atoms with E-state index >= 15 is 0 Å². The third kappa shape index (κ3) is 2.78. The first-order valence-electron chi connectivity index (χ1n) is 6.28. The van der Waals surface area contributed by atoms with Gasteiger partial charge >= 0.3 is 0 Å². The average molecular weight is 279 g/mol. The van der Waals surface area contributed by atoms with Gasteiger partial charge in [-0.05, 0) is 31.5 Å². The lowest BCUT2D eigenvalue weighted by atomic mass is 10.1. The molecule has 1 aromatic carbocycles. The molecule has 1 aliphatic rings. The van der Waals surface area contributed by atoms with Gasteiger partial charge in [0.25, 0.3) is 0 Å². The van der Waals surface area contributed by atoms with Gasteiger partial charge in [0.1, 0.15) is 11.0 Å². The molecule has 0 atom stereocenters. The molecule has 0 amide bonds. The zero-order chi connectivity index (χ0) is 13.9.